The molecular weight excluding hydrogens is 252 g/mol. The van der Waals surface area contributed by atoms with Gasteiger partial charge in [-0.25, -0.2) is 0 Å². The van der Waals surface area contributed by atoms with Crippen molar-refractivity contribution in [2.45, 2.75) is 51.1 Å². The van der Waals surface area contributed by atoms with Crippen molar-refractivity contribution in [3.05, 3.63) is 0 Å². The van der Waals surface area contributed by atoms with Crippen molar-refractivity contribution in [3.63, 3.8) is 0 Å². The van der Waals surface area contributed by atoms with Crippen molar-refractivity contribution in [3.8, 4) is 0 Å². The molecule has 18 heavy (non-hydrogen) atoms. The van der Waals surface area contributed by atoms with E-state index >= 15 is 0 Å². The fourth-order valence-corrected chi connectivity index (χ4v) is 2.37. The number of aliphatic hydroxyl groups excluding tert-OH is 1. The van der Waals surface area contributed by atoms with Crippen LogP contribution in [-0.2, 0) is 4.74 Å². The van der Waals surface area contributed by atoms with E-state index in [1.54, 1.807) is 0 Å². The lowest BCUT2D eigenvalue weighted by Gasteiger charge is -2.14. The Labute approximate surface area is 112 Å². The van der Waals surface area contributed by atoms with Gasteiger partial charge in [0.25, 0.3) is 0 Å². The first-order chi connectivity index (χ1) is 8.41. The average molecular weight is 274 g/mol. The van der Waals surface area contributed by atoms with Crippen LogP contribution in [0.3, 0.4) is 0 Å². The third-order valence-corrected chi connectivity index (χ3v) is 3.32. The van der Waals surface area contributed by atoms with E-state index in [-0.39, 0.29) is 12.1 Å². The van der Waals surface area contributed by atoms with Crippen LogP contribution in [0.4, 0.5) is 5.95 Å². The summed E-state index contributed by atoms with van der Waals surface area (Å²) in [6.07, 6.45) is -0.393. The number of hydrogen-bond acceptors (Lipinski definition) is 6. The second-order valence-electron chi connectivity index (χ2n) is 4.65. The van der Waals surface area contributed by atoms with Crippen LogP contribution >= 0.6 is 11.8 Å². The number of nitrogens with zero attached hydrogens (tertiary/aromatic N) is 3. The number of aromatic nitrogens is 3. The van der Waals surface area contributed by atoms with E-state index in [9.17, 15) is 5.11 Å². The Balaban J connectivity index is 2.48. The van der Waals surface area contributed by atoms with Gasteiger partial charge in [0.1, 0.15) is 0 Å². The Morgan fingerprint density at radius 1 is 1.33 bits per heavy atom. The molecule has 0 fully saturated rings. The van der Waals surface area contributed by atoms with E-state index in [0.29, 0.717) is 18.3 Å². The number of ether oxygens (including phenoxy) is 1. The molecule has 1 unspecified atom stereocenters. The predicted octanol–water partition coefficient (Wildman–Crippen LogP) is 1.32. The highest BCUT2D eigenvalue weighted by Gasteiger charge is 2.15. The summed E-state index contributed by atoms with van der Waals surface area (Å²) in [5, 5.41) is 18.3. The predicted molar refractivity (Wildman–Crippen MR) is 72.6 cm³/mol. The van der Waals surface area contributed by atoms with Crippen molar-refractivity contribution in [1.82, 2.24) is 14.8 Å². The maximum Gasteiger partial charge on any atom is 0.222 e. The van der Waals surface area contributed by atoms with Crippen molar-refractivity contribution < 1.29 is 9.84 Å². The Morgan fingerprint density at radius 3 is 2.56 bits per heavy atom. The van der Waals surface area contributed by atoms with Crippen LogP contribution in [-0.4, -0.2) is 44.4 Å². The number of thioether (sulfide) groups is 1. The molecule has 0 bridgehead atoms. The zero-order valence-corrected chi connectivity index (χ0v) is 12.1. The number of hydrogen-bond donors (Lipinski definition) is 2. The van der Waals surface area contributed by atoms with Gasteiger partial charge in [0.2, 0.25) is 5.95 Å². The van der Waals surface area contributed by atoms with E-state index in [0.717, 1.165) is 5.16 Å². The molecule has 0 saturated heterocycles. The average Bonchev–Trinajstić information content (AvgIpc) is 2.65. The summed E-state index contributed by atoms with van der Waals surface area (Å²) in [5.74, 6) is 0.915. The quantitative estimate of drug-likeness (QED) is 0.729. The highest BCUT2D eigenvalue weighted by Crippen LogP contribution is 2.23. The second-order valence-corrected chi connectivity index (χ2v) is 5.64. The Bertz CT molecular complexity index is 368. The molecule has 104 valence electrons. The molecule has 6 nitrogen and oxygen atoms in total. The summed E-state index contributed by atoms with van der Waals surface area (Å²) in [6, 6.07) is 0.201. The van der Waals surface area contributed by atoms with Gasteiger partial charge in [-0.05, 0) is 27.7 Å². The van der Waals surface area contributed by atoms with Gasteiger partial charge in [-0.1, -0.05) is 11.8 Å². The molecule has 0 aromatic carbocycles. The van der Waals surface area contributed by atoms with Crippen LogP contribution in [0.1, 0.15) is 33.7 Å². The molecule has 0 amide bonds. The molecular formula is C11H22N4O2S. The molecule has 0 saturated carbocycles. The lowest BCUT2D eigenvalue weighted by Crippen LogP contribution is -2.21. The zero-order chi connectivity index (χ0) is 13.7. The molecule has 3 N–H and O–H groups in total. The third kappa shape index (κ3) is 4.47. The van der Waals surface area contributed by atoms with E-state index in [1.807, 2.05) is 32.3 Å². The van der Waals surface area contributed by atoms with Crippen LogP contribution < -0.4 is 5.73 Å². The van der Waals surface area contributed by atoms with Crippen LogP contribution in [0.2, 0.25) is 0 Å². The third-order valence-electron chi connectivity index (χ3n) is 2.23. The first-order valence-electron chi connectivity index (χ1n) is 6.04. The largest absolute Gasteiger partial charge is 0.390 e. The second kappa shape index (κ2) is 6.96. The number of rotatable bonds is 7. The lowest BCUT2D eigenvalue weighted by atomic mass is 10.4. The molecule has 1 rings (SSSR count). The molecule has 1 aromatic rings. The monoisotopic (exact) mass is 274 g/mol. The standard InChI is InChI=1S/C11H22N4O2S/c1-7(2)15-10(12)13-14-11(15)18-6-9(16)5-17-8(3)4/h7-9,16H,5-6H2,1-4H3,(H2,12,13). The Hall–Kier alpha value is -0.790. The molecule has 1 aromatic heterocycles. The van der Waals surface area contributed by atoms with E-state index in [4.69, 9.17) is 10.5 Å². The Kier molecular flexibility index (Phi) is 5.90. The van der Waals surface area contributed by atoms with Gasteiger partial charge in [0, 0.05) is 11.8 Å². The van der Waals surface area contributed by atoms with Gasteiger partial charge in [-0.15, -0.1) is 10.2 Å². The van der Waals surface area contributed by atoms with Crippen LogP contribution in [0.5, 0.6) is 0 Å². The minimum Gasteiger partial charge on any atom is -0.390 e. The van der Waals surface area contributed by atoms with Crippen LogP contribution in [0.25, 0.3) is 0 Å². The van der Waals surface area contributed by atoms with E-state index in [2.05, 4.69) is 10.2 Å². The number of anilines is 1. The molecule has 0 spiro atoms. The summed E-state index contributed by atoms with van der Waals surface area (Å²) in [7, 11) is 0. The molecule has 1 heterocycles. The maximum atomic E-state index is 9.76. The minimum absolute atomic E-state index is 0.125. The van der Waals surface area contributed by atoms with E-state index < -0.39 is 6.10 Å². The maximum absolute atomic E-state index is 9.76. The van der Waals surface area contributed by atoms with Gasteiger partial charge in [-0.2, -0.15) is 0 Å². The van der Waals surface area contributed by atoms with Gasteiger partial charge in [0.05, 0.1) is 18.8 Å². The highest BCUT2D eigenvalue weighted by atomic mass is 32.2. The highest BCUT2D eigenvalue weighted by molar-refractivity contribution is 7.99. The van der Waals surface area contributed by atoms with Gasteiger partial charge in [-0.3, -0.25) is 4.57 Å². The van der Waals surface area contributed by atoms with Crippen molar-refractivity contribution in [2.75, 3.05) is 18.1 Å². The lowest BCUT2D eigenvalue weighted by molar-refractivity contribution is 0.0152. The summed E-state index contributed by atoms with van der Waals surface area (Å²) in [5.41, 5.74) is 5.74. The summed E-state index contributed by atoms with van der Waals surface area (Å²) in [6.45, 7) is 8.24. The minimum atomic E-state index is -0.518. The van der Waals surface area contributed by atoms with Crippen molar-refractivity contribution in [2.24, 2.45) is 0 Å². The number of nitrogens with two attached hydrogens (primary N) is 1. The SMILES string of the molecule is CC(C)OCC(O)CSc1nnc(N)n1C(C)C. The molecule has 0 aliphatic carbocycles. The Morgan fingerprint density at radius 2 is 2.00 bits per heavy atom. The topological polar surface area (TPSA) is 86.2 Å². The number of aliphatic hydroxyl groups is 1. The van der Waals surface area contributed by atoms with Crippen molar-refractivity contribution in [1.29, 1.82) is 0 Å². The molecule has 0 aliphatic heterocycles. The van der Waals surface area contributed by atoms with Crippen molar-refractivity contribution >= 4 is 17.7 Å². The fraction of sp³-hybridized carbons (Fsp3) is 0.818. The van der Waals surface area contributed by atoms with Gasteiger partial charge < -0.3 is 15.6 Å². The zero-order valence-electron chi connectivity index (χ0n) is 11.3. The molecule has 0 aliphatic rings. The van der Waals surface area contributed by atoms with Gasteiger partial charge in [0.15, 0.2) is 5.16 Å². The number of nitrogen functional groups attached to an aromatic ring is 1. The first kappa shape index (κ1) is 15.3. The van der Waals surface area contributed by atoms with Crippen LogP contribution in [0.15, 0.2) is 5.16 Å². The van der Waals surface area contributed by atoms with Crippen LogP contribution in [0, 0.1) is 0 Å². The molecule has 0 radical (unpaired) electrons. The normalized spacial score (nSPS) is 13.5. The molecule has 7 heteroatoms. The van der Waals surface area contributed by atoms with Gasteiger partial charge >= 0.3 is 0 Å². The summed E-state index contributed by atoms with van der Waals surface area (Å²) >= 11 is 1.44. The molecule has 1 atom stereocenters. The summed E-state index contributed by atoms with van der Waals surface area (Å²) < 4.78 is 7.19. The van der Waals surface area contributed by atoms with E-state index in [1.165, 1.54) is 11.8 Å². The summed E-state index contributed by atoms with van der Waals surface area (Å²) in [4.78, 5) is 0. The smallest absolute Gasteiger partial charge is 0.222 e. The first-order valence-corrected chi connectivity index (χ1v) is 7.03. The fourth-order valence-electron chi connectivity index (χ4n) is 1.39.